The third-order valence-electron chi connectivity index (χ3n) is 1.13. The molecular weight excluding hydrogens is 146 g/mol. The van der Waals surface area contributed by atoms with Crippen molar-refractivity contribution in [3.8, 4) is 12.3 Å². The van der Waals surface area contributed by atoms with Gasteiger partial charge in [0.1, 0.15) is 5.15 Å². The first kappa shape index (κ1) is 7.11. The van der Waals surface area contributed by atoms with E-state index in [1.807, 2.05) is 13.0 Å². The van der Waals surface area contributed by atoms with Crippen LogP contribution in [0, 0.1) is 19.3 Å². The number of aryl methyl sites for hydroxylation is 1. The average molecular weight is 152 g/mol. The first-order chi connectivity index (χ1) is 4.74. The molecule has 0 spiro atoms. The normalized spacial score (nSPS) is 8.90. The van der Waals surface area contributed by atoms with Gasteiger partial charge in [0, 0.05) is 6.20 Å². The van der Waals surface area contributed by atoms with Gasteiger partial charge in [-0.2, -0.15) is 0 Å². The summed E-state index contributed by atoms with van der Waals surface area (Å²) in [4.78, 5) is 3.87. The number of nitrogens with zero attached hydrogens (tertiary/aromatic N) is 1. The smallest absolute Gasteiger partial charge is 0.144 e. The lowest BCUT2D eigenvalue weighted by Crippen LogP contribution is -1.83. The van der Waals surface area contributed by atoms with Crippen LogP contribution in [0.4, 0.5) is 0 Å². The van der Waals surface area contributed by atoms with Gasteiger partial charge in [0.05, 0.1) is 5.56 Å². The van der Waals surface area contributed by atoms with E-state index in [2.05, 4.69) is 10.9 Å². The summed E-state index contributed by atoms with van der Waals surface area (Å²) in [6.07, 6.45) is 6.83. The molecule has 0 saturated carbocycles. The van der Waals surface area contributed by atoms with Crippen LogP contribution in [0.5, 0.6) is 0 Å². The van der Waals surface area contributed by atoms with Crippen molar-refractivity contribution in [2.75, 3.05) is 0 Å². The number of pyridine rings is 1. The number of halogens is 1. The summed E-state index contributed by atoms with van der Waals surface area (Å²) in [5.41, 5.74) is 1.68. The number of hydrogen-bond acceptors (Lipinski definition) is 1. The van der Waals surface area contributed by atoms with Crippen LogP contribution in [0.3, 0.4) is 0 Å². The minimum atomic E-state index is 0.396. The monoisotopic (exact) mass is 151 g/mol. The second-order valence-corrected chi connectivity index (χ2v) is 2.35. The molecule has 0 bridgehead atoms. The minimum Gasteiger partial charge on any atom is -0.243 e. The van der Waals surface area contributed by atoms with E-state index < -0.39 is 0 Å². The summed E-state index contributed by atoms with van der Waals surface area (Å²) >= 11 is 5.64. The van der Waals surface area contributed by atoms with Crippen molar-refractivity contribution in [3.05, 3.63) is 28.5 Å². The summed E-state index contributed by atoms with van der Waals surface area (Å²) in [6.45, 7) is 1.92. The van der Waals surface area contributed by atoms with Gasteiger partial charge in [0.25, 0.3) is 0 Å². The molecule has 0 aliphatic carbocycles. The molecular formula is C8H6ClN. The van der Waals surface area contributed by atoms with Crippen molar-refractivity contribution in [1.82, 2.24) is 4.98 Å². The Kier molecular flexibility index (Phi) is 1.94. The maximum atomic E-state index is 5.64. The van der Waals surface area contributed by atoms with Crippen molar-refractivity contribution >= 4 is 11.6 Å². The first-order valence-electron chi connectivity index (χ1n) is 2.83. The van der Waals surface area contributed by atoms with E-state index in [-0.39, 0.29) is 0 Å². The third-order valence-corrected chi connectivity index (χ3v) is 1.43. The lowest BCUT2D eigenvalue weighted by Gasteiger charge is -1.94. The highest BCUT2D eigenvalue weighted by molar-refractivity contribution is 6.30. The van der Waals surface area contributed by atoms with Crippen molar-refractivity contribution < 1.29 is 0 Å². The molecule has 1 heterocycles. The van der Waals surface area contributed by atoms with Crippen molar-refractivity contribution in [1.29, 1.82) is 0 Å². The Hall–Kier alpha value is -1.00. The summed E-state index contributed by atoms with van der Waals surface area (Å²) in [7, 11) is 0. The predicted molar refractivity (Wildman–Crippen MR) is 41.9 cm³/mol. The van der Waals surface area contributed by atoms with Crippen molar-refractivity contribution in [2.24, 2.45) is 0 Å². The Morgan fingerprint density at radius 3 is 2.90 bits per heavy atom. The van der Waals surface area contributed by atoms with Crippen LogP contribution >= 0.6 is 11.6 Å². The average Bonchev–Trinajstić information content (AvgIpc) is 1.94. The van der Waals surface area contributed by atoms with Crippen LogP contribution in [0.15, 0.2) is 12.3 Å². The summed E-state index contributed by atoms with van der Waals surface area (Å²) in [5, 5.41) is 0.396. The molecule has 0 fully saturated rings. The summed E-state index contributed by atoms with van der Waals surface area (Å²) < 4.78 is 0. The van der Waals surface area contributed by atoms with Gasteiger partial charge in [0.15, 0.2) is 0 Å². The van der Waals surface area contributed by atoms with Gasteiger partial charge in [-0.05, 0) is 18.6 Å². The molecule has 0 amide bonds. The molecule has 0 unspecified atom stereocenters. The zero-order valence-corrected chi connectivity index (χ0v) is 6.31. The number of aromatic nitrogens is 1. The molecule has 1 nitrogen and oxygen atoms in total. The molecule has 0 aromatic carbocycles. The zero-order chi connectivity index (χ0) is 7.56. The fourth-order valence-electron chi connectivity index (χ4n) is 0.654. The second-order valence-electron chi connectivity index (χ2n) is 2.00. The Balaban J connectivity index is 3.25. The van der Waals surface area contributed by atoms with Gasteiger partial charge in [-0.15, -0.1) is 6.42 Å². The highest BCUT2D eigenvalue weighted by atomic mass is 35.5. The van der Waals surface area contributed by atoms with Gasteiger partial charge in [-0.1, -0.05) is 17.5 Å². The van der Waals surface area contributed by atoms with Gasteiger partial charge >= 0.3 is 0 Å². The fraction of sp³-hybridized carbons (Fsp3) is 0.125. The SMILES string of the molecule is C#Cc1cc(C)cnc1Cl. The fourth-order valence-corrected chi connectivity index (χ4v) is 0.812. The molecule has 10 heavy (non-hydrogen) atoms. The molecule has 0 aliphatic rings. The second kappa shape index (κ2) is 2.72. The minimum absolute atomic E-state index is 0.396. The van der Waals surface area contributed by atoms with Crippen LogP contribution in [0.1, 0.15) is 11.1 Å². The van der Waals surface area contributed by atoms with E-state index in [9.17, 15) is 0 Å². The Morgan fingerprint density at radius 2 is 2.40 bits per heavy atom. The van der Waals surface area contributed by atoms with Crippen molar-refractivity contribution in [2.45, 2.75) is 6.92 Å². The number of hydrogen-bond donors (Lipinski definition) is 0. The quantitative estimate of drug-likeness (QED) is 0.409. The Labute approximate surface area is 65.0 Å². The largest absolute Gasteiger partial charge is 0.243 e. The van der Waals surface area contributed by atoms with Gasteiger partial charge in [0.2, 0.25) is 0 Å². The van der Waals surface area contributed by atoms with E-state index in [0.29, 0.717) is 10.7 Å². The first-order valence-corrected chi connectivity index (χ1v) is 3.20. The predicted octanol–water partition coefficient (Wildman–Crippen LogP) is 2.02. The Morgan fingerprint density at radius 1 is 1.70 bits per heavy atom. The summed E-state index contributed by atoms with van der Waals surface area (Å²) in [6, 6.07) is 1.83. The third kappa shape index (κ3) is 1.29. The van der Waals surface area contributed by atoms with E-state index in [1.165, 1.54) is 0 Å². The van der Waals surface area contributed by atoms with Gasteiger partial charge in [-0.3, -0.25) is 0 Å². The molecule has 1 aromatic heterocycles. The van der Waals surface area contributed by atoms with Crippen LogP contribution in [-0.4, -0.2) is 4.98 Å². The van der Waals surface area contributed by atoms with E-state index in [1.54, 1.807) is 6.20 Å². The molecule has 1 aromatic rings. The van der Waals surface area contributed by atoms with Crippen molar-refractivity contribution in [3.63, 3.8) is 0 Å². The van der Waals surface area contributed by atoms with Gasteiger partial charge in [-0.25, -0.2) is 4.98 Å². The lowest BCUT2D eigenvalue weighted by molar-refractivity contribution is 1.26. The van der Waals surface area contributed by atoms with Crippen LogP contribution in [0.25, 0.3) is 0 Å². The highest BCUT2D eigenvalue weighted by Crippen LogP contribution is 2.11. The molecule has 0 atom stereocenters. The van der Waals surface area contributed by atoms with Crippen LogP contribution in [0.2, 0.25) is 5.15 Å². The van der Waals surface area contributed by atoms with Gasteiger partial charge < -0.3 is 0 Å². The van der Waals surface area contributed by atoms with E-state index in [4.69, 9.17) is 18.0 Å². The molecule has 0 aliphatic heterocycles. The van der Waals surface area contributed by atoms with Crippen LogP contribution < -0.4 is 0 Å². The van der Waals surface area contributed by atoms with Crippen LogP contribution in [-0.2, 0) is 0 Å². The maximum Gasteiger partial charge on any atom is 0.144 e. The zero-order valence-electron chi connectivity index (χ0n) is 5.56. The number of rotatable bonds is 0. The van der Waals surface area contributed by atoms with E-state index >= 15 is 0 Å². The molecule has 0 radical (unpaired) electrons. The molecule has 1 rings (SSSR count). The maximum absolute atomic E-state index is 5.64. The number of terminal acetylenes is 1. The molecule has 2 heteroatoms. The summed E-state index contributed by atoms with van der Waals surface area (Å²) in [5.74, 6) is 2.44. The Bertz CT molecular complexity index is 286. The topological polar surface area (TPSA) is 12.9 Å². The molecule has 50 valence electrons. The lowest BCUT2D eigenvalue weighted by atomic mass is 10.2. The molecule has 0 N–H and O–H groups in total. The molecule has 0 saturated heterocycles. The standard InChI is InChI=1S/C8H6ClN/c1-3-7-4-6(2)5-10-8(7)9/h1,4-5H,2H3. The highest BCUT2D eigenvalue weighted by Gasteiger charge is 1.96. The van der Waals surface area contributed by atoms with E-state index in [0.717, 1.165) is 5.56 Å².